The van der Waals surface area contributed by atoms with Gasteiger partial charge in [0, 0.05) is 13.1 Å². The minimum Gasteiger partial charge on any atom is -0.490 e. The SMILES string of the molecule is CC(C)Oc1ccccc1C1=NCCCN1. The maximum Gasteiger partial charge on any atom is 0.132 e. The Labute approximate surface area is 96.5 Å². The van der Waals surface area contributed by atoms with Gasteiger partial charge in [0.15, 0.2) is 0 Å². The molecule has 0 saturated heterocycles. The molecule has 1 heterocycles. The first-order chi connectivity index (χ1) is 7.77. The zero-order chi connectivity index (χ0) is 11.4. The molecule has 0 radical (unpaired) electrons. The van der Waals surface area contributed by atoms with Crippen LogP contribution in [0, 0.1) is 0 Å². The largest absolute Gasteiger partial charge is 0.490 e. The molecule has 0 saturated carbocycles. The zero-order valence-electron chi connectivity index (χ0n) is 9.86. The number of nitrogens with zero attached hydrogens (tertiary/aromatic N) is 1. The van der Waals surface area contributed by atoms with Crippen molar-refractivity contribution in [1.82, 2.24) is 5.32 Å². The lowest BCUT2D eigenvalue weighted by molar-refractivity contribution is 0.242. The lowest BCUT2D eigenvalue weighted by Crippen LogP contribution is -2.30. The second-order valence-electron chi connectivity index (χ2n) is 4.17. The van der Waals surface area contributed by atoms with Gasteiger partial charge in [0.05, 0.1) is 11.7 Å². The van der Waals surface area contributed by atoms with Crippen LogP contribution in [0.5, 0.6) is 5.75 Å². The highest BCUT2D eigenvalue weighted by Gasteiger charge is 2.12. The summed E-state index contributed by atoms with van der Waals surface area (Å²) in [7, 11) is 0. The molecule has 0 aliphatic carbocycles. The highest BCUT2D eigenvalue weighted by molar-refractivity contribution is 6.01. The van der Waals surface area contributed by atoms with Gasteiger partial charge in [0.25, 0.3) is 0 Å². The first-order valence-corrected chi connectivity index (χ1v) is 5.82. The summed E-state index contributed by atoms with van der Waals surface area (Å²) in [6.07, 6.45) is 1.29. The standard InChI is InChI=1S/C13H18N2O/c1-10(2)16-12-7-4-3-6-11(12)13-14-8-5-9-15-13/h3-4,6-7,10H,5,8-9H2,1-2H3,(H,14,15). The molecule has 86 valence electrons. The van der Waals surface area contributed by atoms with Crippen molar-refractivity contribution in [3.63, 3.8) is 0 Å². The van der Waals surface area contributed by atoms with Gasteiger partial charge in [-0.1, -0.05) is 12.1 Å². The Bertz CT molecular complexity index is 385. The molecule has 0 atom stereocenters. The molecular weight excluding hydrogens is 200 g/mol. The van der Waals surface area contributed by atoms with Crippen LogP contribution in [0.3, 0.4) is 0 Å². The van der Waals surface area contributed by atoms with E-state index >= 15 is 0 Å². The van der Waals surface area contributed by atoms with Gasteiger partial charge in [-0.2, -0.15) is 0 Å². The molecule has 0 unspecified atom stereocenters. The third-order valence-corrected chi connectivity index (χ3v) is 2.40. The van der Waals surface area contributed by atoms with E-state index in [0.29, 0.717) is 0 Å². The van der Waals surface area contributed by atoms with Gasteiger partial charge in [-0.3, -0.25) is 4.99 Å². The third-order valence-electron chi connectivity index (χ3n) is 2.40. The molecule has 1 aromatic rings. The Morgan fingerprint density at radius 1 is 1.31 bits per heavy atom. The number of para-hydroxylation sites is 1. The Morgan fingerprint density at radius 3 is 2.81 bits per heavy atom. The summed E-state index contributed by atoms with van der Waals surface area (Å²) in [4.78, 5) is 4.49. The fourth-order valence-corrected chi connectivity index (χ4v) is 1.73. The first-order valence-electron chi connectivity index (χ1n) is 5.82. The highest BCUT2D eigenvalue weighted by Crippen LogP contribution is 2.20. The molecule has 1 N–H and O–H groups in total. The van der Waals surface area contributed by atoms with Crippen molar-refractivity contribution in [2.24, 2.45) is 4.99 Å². The maximum absolute atomic E-state index is 5.78. The Hall–Kier alpha value is -1.51. The van der Waals surface area contributed by atoms with E-state index in [0.717, 1.165) is 36.7 Å². The molecule has 3 nitrogen and oxygen atoms in total. The van der Waals surface area contributed by atoms with Gasteiger partial charge in [-0.05, 0) is 32.4 Å². The van der Waals surface area contributed by atoms with Crippen LogP contribution in [0.4, 0.5) is 0 Å². The van der Waals surface area contributed by atoms with E-state index < -0.39 is 0 Å². The molecule has 1 aliphatic rings. The maximum atomic E-state index is 5.78. The average molecular weight is 218 g/mol. The smallest absolute Gasteiger partial charge is 0.132 e. The van der Waals surface area contributed by atoms with E-state index in [2.05, 4.69) is 16.4 Å². The van der Waals surface area contributed by atoms with Crippen LogP contribution in [-0.4, -0.2) is 25.0 Å². The fraction of sp³-hybridized carbons (Fsp3) is 0.462. The highest BCUT2D eigenvalue weighted by atomic mass is 16.5. The number of nitrogens with one attached hydrogen (secondary N) is 1. The molecule has 2 rings (SSSR count). The molecule has 1 aliphatic heterocycles. The summed E-state index contributed by atoms with van der Waals surface area (Å²) in [5.74, 6) is 1.87. The average Bonchev–Trinajstić information content (AvgIpc) is 2.30. The van der Waals surface area contributed by atoms with E-state index in [-0.39, 0.29) is 6.10 Å². The summed E-state index contributed by atoms with van der Waals surface area (Å²) >= 11 is 0. The molecule has 3 heteroatoms. The van der Waals surface area contributed by atoms with Crippen molar-refractivity contribution in [2.75, 3.05) is 13.1 Å². The number of hydrogen-bond acceptors (Lipinski definition) is 3. The summed E-state index contributed by atoms with van der Waals surface area (Å²) in [6.45, 7) is 5.97. The monoisotopic (exact) mass is 218 g/mol. The summed E-state index contributed by atoms with van der Waals surface area (Å²) < 4.78 is 5.78. The minimum absolute atomic E-state index is 0.186. The predicted molar refractivity (Wildman–Crippen MR) is 66.2 cm³/mol. The van der Waals surface area contributed by atoms with Crippen LogP contribution in [0.1, 0.15) is 25.8 Å². The second-order valence-corrected chi connectivity index (χ2v) is 4.17. The lowest BCUT2D eigenvalue weighted by atomic mass is 10.1. The number of benzene rings is 1. The Balaban J connectivity index is 2.28. The molecule has 16 heavy (non-hydrogen) atoms. The van der Waals surface area contributed by atoms with Gasteiger partial charge >= 0.3 is 0 Å². The van der Waals surface area contributed by atoms with Gasteiger partial charge in [0.2, 0.25) is 0 Å². The van der Waals surface area contributed by atoms with Crippen molar-refractivity contribution < 1.29 is 4.74 Å². The zero-order valence-corrected chi connectivity index (χ0v) is 9.86. The van der Waals surface area contributed by atoms with Gasteiger partial charge in [-0.15, -0.1) is 0 Å². The summed E-state index contributed by atoms with van der Waals surface area (Å²) in [6, 6.07) is 8.05. The first kappa shape index (κ1) is 11.0. The van der Waals surface area contributed by atoms with Crippen molar-refractivity contribution in [3.05, 3.63) is 29.8 Å². The summed E-state index contributed by atoms with van der Waals surface area (Å²) in [5, 5.41) is 3.32. The van der Waals surface area contributed by atoms with Crippen molar-refractivity contribution in [2.45, 2.75) is 26.4 Å². The van der Waals surface area contributed by atoms with Crippen LogP contribution in [0.2, 0.25) is 0 Å². The van der Waals surface area contributed by atoms with Gasteiger partial charge in [-0.25, -0.2) is 0 Å². The number of ether oxygens (including phenoxy) is 1. The molecule has 1 aromatic carbocycles. The molecular formula is C13H18N2O. The molecule has 0 fully saturated rings. The van der Waals surface area contributed by atoms with Gasteiger partial charge in [0.1, 0.15) is 11.6 Å². The van der Waals surface area contributed by atoms with E-state index in [1.165, 1.54) is 0 Å². The van der Waals surface area contributed by atoms with E-state index in [1.807, 2.05) is 32.0 Å². The fourth-order valence-electron chi connectivity index (χ4n) is 1.73. The number of aliphatic imine (C=N–C) groups is 1. The molecule has 0 aromatic heterocycles. The topological polar surface area (TPSA) is 33.6 Å². The molecule has 0 spiro atoms. The minimum atomic E-state index is 0.186. The van der Waals surface area contributed by atoms with E-state index in [4.69, 9.17) is 4.74 Å². The number of amidine groups is 1. The lowest BCUT2D eigenvalue weighted by Gasteiger charge is -2.18. The second kappa shape index (κ2) is 5.01. The van der Waals surface area contributed by atoms with Crippen LogP contribution < -0.4 is 10.1 Å². The van der Waals surface area contributed by atoms with E-state index in [9.17, 15) is 0 Å². The number of hydrogen-bond donors (Lipinski definition) is 1. The normalized spacial score (nSPS) is 15.6. The Kier molecular flexibility index (Phi) is 3.44. The van der Waals surface area contributed by atoms with Crippen molar-refractivity contribution in [3.8, 4) is 5.75 Å². The van der Waals surface area contributed by atoms with Crippen molar-refractivity contribution in [1.29, 1.82) is 0 Å². The van der Waals surface area contributed by atoms with Gasteiger partial charge < -0.3 is 10.1 Å². The van der Waals surface area contributed by atoms with Crippen LogP contribution in [0.15, 0.2) is 29.3 Å². The number of rotatable bonds is 3. The van der Waals surface area contributed by atoms with Crippen LogP contribution in [-0.2, 0) is 0 Å². The third kappa shape index (κ3) is 2.54. The quantitative estimate of drug-likeness (QED) is 0.844. The molecule has 0 amide bonds. The van der Waals surface area contributed by atoms with E-state index in [1.54, 1.807) is 0 Å². The predicted octanol–water partition coefficient (Wildman–Crippen LogP) is 2.21. The molecule has 0 bridgehead atoms. The summed E-state index contributed by atoms with van der Waals surface area (Å²) in [5.41, 5.74) is 1.07. The van der Waals surface area contributed by atoms with Crippen LogP contribution >= 0.6 is 0 Å². The van der Waals surface area contributed by atoms with Crippen molar-refractivity contribution >= 4 is 5.84 Å². The Morgan fingerprint density at radius 2 is 2.12 bits per heavy atom. The van der Waals surface area contributed by atoms with Crippen LogP contribution in [0.25, 0.3) is 0 Å².